The van der Waals surface area contributed by atoms with Gasteiger partial charge in [-0.05, 0) is 41.3 Å². The molecule has 0 fully saturated rings. The molecule has 1 aromatic heterocycles. The van der Waals surface area contributed by atoms with E-state index in [1.165, 1.54) is 17.0 Å². The first-order chi connectivity index (χ1) is 16.0. The third-order valence-electron chi connectivity index (χ3n) is 5.76. The Morgan fingerprint density at radius 2 is 1.21 bits per heavy atom. The third-order valence-corrected chi connectivity index (χ3v) is 6.17. The largest absolute Gasteiger partial charge is 0.487 e. The lowest BCUT2D eigenvalue weighted by molar-refractivity contribution is -0.709. The van der Waals surface area contributed by atoms with Crippen LogP contribution in [-0.2, 0) is 6.54 Å². The van der Waals surface area contributed by atoms with Crippen LogP contribution in [0, 0.1) is 20.8 Å². The Kier molecular flexibility index (Phi) is 7.26. The fourth-order valence-corrected chi connectivity index (χ4v) is 4.56. The number of pyridine rings is 1. The average molecular weight is 455 g/mol. The summed E-state index contributed by atoms with van der Waals surface area (Å²) in [7, 11) is 0. The summed E-state index contributed by atoms with van der Waals surface area (Å²) < 4.78 is 8.35. The molecule has 0 N–H and O–H groups in total. The van der Waals surface area contributed by atoms with Gasteiger partial charge in [0.15, 0.2) is 17.9 Å². The van der Waals surface area contributed by atoms with Gasteiger partial charge in [-0.15, -0.1) is 0 Å². The van der Waals surface area contributed by atoms with Gasteiger partial charge in [0.2, 0.25) is 0 Å². The van der Waals surface area contributed by atoms with Gasteiger partial charge in [0, 0.05) is 31.6 Å². The molecule has 0 radical (unpaired) electrons. The molecule has 1 heterocycles. The number of hydrogen-bond donors (Lipinski definition) is 0. The molecule has 0 unspecified atom stereocenters. The highest BCUT2D eigenvalue weighted by Crippen LogP contribution is 2.35. The molecule has 2 nitrogen and oxygen atoms in total. The zero-order valence-electron chi connectivity index (χ0n) is 19.4. The maximum Gasteiger partial charge on any atom is 0.182 e. The van der Waals surface area contributed by atoms with Crippen LogP contribution >= 0.6 is 11.6 Å². The molecule has 0 amide bonds. The van der Waals surface area contributed by atoms with Gasteiger partial charge in [-0.3, -0.25) is 0 Å². The summed E-state index contributed by atoms with van der Waals surface area (Å²) in [6.45, 7) is 7.84. The van der Waals surface area contributed by atoms with Crippen LogP contribution in [0.15, 0.2) is 97.1 Å². The maximum atomic E-state index is 6.92. The van der Waals surface area contributed by atoms with Crippen LogP contribution in [0.5, 0.6) is 5.75 Å². The second-order valence-electron chi connectivity index (χ2n) is 8.26. The van der Waals surface area contributed by atoms with E-state index in [0.29, 0.717) is 6.61 Å². The number of halogens is 1. The van der Waals surface area contributed by atoms with Crippen molar-refractivity contribution in [3.63, 3.8) is 0 Å². The van der Waals surface area contributed by atoms with Gasteiger partial charge < -0.3 is 4.74 Å². The molecule has 0 saturated carbocycles. The van der Waals surface area contributed by atoms with E-state index < -0.39 is 0 Å². The average Bonchev–Trinajstić information content (AvgIpc) is 2.83. The Bertz CT molecular complexity index is 1220. The number of benzene rings is 3. The van der Waals surface area contributed by atoms with E-state index in [0.717, 1.165) is 39.6 Å². The molecule has 33 heavy (non-hydrogen) atoms. The van der Waals surface area contributed by atoms with E-state index in [1.54, 1.807) is 0 Å². The Morgan fingerprint density at radius 3 is 1.79 bits per heavy atom. The maximum absolute atomic E-state index is 6.92. The smallest absolute Gasteiger partial charge is 0.182 e. The first-order valence-electron chi connectivity index (χ1n) is 11.2. The molecule has 4 rings (SSSR count). The number of aryl methyl sites for hydroxylation is 3. The predicted octanol–water partition coefficient (Wildman–Crippen LogP) is 7.13. The Labute approximate surface area is 201 Å². The summed E-state index contributed by atoms with van der Waals surface area (Å²) in [6, 6.07) is 33.0. The van der Waals surface area contributed by atoms with Crippen LogP contribution in [-0.4, -0.2) is 6.61 Å². The topological polar surface area (TPSA) is 13.1 Å². The van der Waals surface area contributed by atoms with Crippen molar-refractivity contribution in [2.24, 2.45) is 0 Å². The number of hydrogen-bond acceptors (Lipinski definition) is 1. The van der Waals surface area contributed by atoms with Crippen molar-refractivity contribution < 1.29 is 9.30 Å². The number of aromatic nitrogens is 1. The van der Waals surface area contributed by atoms with E-state index in [4.69, 9.17) is 16.3 Å². The van der Waals surface area contributed by atoms with Gasteiger partial charge in [0.25, 0.3) is 0 Å². The molecule has 4 aromatic rings. The normalized spacial score (nSPS) is 11.8. The third kappa shape index (κ3) is 5.53. The molecule has 166 valence electrons. The van der Waals surface area contributed by atoms with Gasteiger partial charge in [0.05, 0.1) is 5.03 Å². The molecular weight excluding hydrogens is 426 g/mol. The van der Waals surface area contributed by atoms with Gasteiger partial charge in [-0.1, -0.05) is 84.4 Å². The highest BCUT2D eigenvalue weighted by molar-refractivity contribution is 6.53. The second-order valence-corrected chi connectivity index (χ2v) is 8.64. The standard InChI is InChI=1S/C30H29ClNO/c1-22-20-23(2)32(24(3)21-22)18-19-33-28-16-14-26(15-17-28)29(25-10-6-4-7-11-25)30(31)27-12-8-5-9-13-27/h4-17,20-21H,18-19H2,1-3H3/q+1/b30-29+. The van der Waals surface area contributed by atoms with Gasteiger partial charge in [-0.25, -0.2) is 0 Å². The number of rotatable bonds is 7. The van der Waals surface area contributed by atoms with Gasteiger partial charge in [-0.2, -0.15) is 4.57 Å². The number of ether oxygens (including phenoxy) is 1. The summed E-state index contributed by atoms with van der Waals surface area (Å²) in [4.78, 5) is 0. The first kappa shape index (κ1) is 22.8. The zero-order chi connectivity index (χ0) is 23.2. The van der Waals surface area contributed by atoms with Crippen molar-refractivity contribution >= 4 is 22.2 Å². The fraction of sp³-hybridized carbons (Fsp3) is 0.167. The molecule has 3 heteroatoms. The highest BCUT2D eigenvalue weighted by Gasteiger charge is 2.14. The van der Waals surface area contributed by atoms with Gasteiger partial charge >= 0.3 is 0 Å². The lowest BCUT2D eigenvalue weighted by Crippen LogP contribution is -2.42. The van der Waals surface area contributed by atoms with Crippen LogP contribution in [0.25, 0.3) is 10.6 Å². The van der Waals surface area contributed by atoms with E-state index in [-0.39, 0.29) is 0 Å². The minimum absolute atomic E-state index is 0.612. The van der Waals surface area contributed by atoms with Gasteiger partial charge in [0.1, 0.15) is 12.4 Å². The van der Waals surface area contributed by atoms with Crippen LogP contribution in [0.4, 0.5) is 0 Å². The van der Waals surface area contributed by atoms with E-state index in [1.807, 2.05) is 60.7 Å². The lowest BCUT2D eigenvalue weighted by Gasteiger charge is -2.13. The first-order valence-corrected chi connectivity index (χ1v) is 11.6. The predicted molar refractivity (Wildman–Crippen MR) is 137 cm³/mol. The second kappa shape index (κ2) is 10.5. The summed E-state index contributed by atoms with van der Waals surface area (Å²) in [5, 5.41) is 0.734. The minimum atomic E-state index is 0.612. The van der Waals surface area contributed by atoms with Crippen LogP contribution in [0.2, 0.25) is 0 Å². The molecular formula is C30H29ClNO+. The highest BCUT2D eigenvalue weighted by atomic mass is 35.5. The quantitative estimate of drug-likeness (QED) is 0.214. The molecule has 0 spiro atoms. The summed E-state index contributed by atoms with van der Waals surface area (Å²) in [5.41, 5.74) is 7.94. The zero-order valence-corrected chi connectivity index (χ0v) is 20.1. The van der Waals surface area contributed by atoms with Crippen LogP contribution < -0.4 is 9.30 Å². The monoisotopic (exact) mass is 454 g/mol. The molecule has 0 bridgehead atoms. The summed E-state index contributed by atoms with van der Waals surface area (Å²) >= 11 is 6.92. The fourth-order valence-electron chi connectivity index (χ4n) is 4.21. The summed E-state index contributed by atoms with van der Waals surface area (Å²) in [5.74, 6) is 0.852. The van der Waals surface area contributed by atoms with Crippen molar-refractivity contribution in [2.75, 3.05) is 6.61 Å². The Hall–Kier alpha value is -3.36. The van der Waals surface area contributed by atoms with Crippen molar-refractivity contribution in [3.8, 4) is 5.75 Å². The molecule has 0 aliphatic heterocycles. The van der Waals surface area contributed by atoms with Crippen LogP contribution in [0.1, 0.15) is 33.6 Å². The van der Waals surface area contributed by atoms with E-state index in [2.05, 4.69) is 61.7 Å². The molecule has 0 atom stereocenters. The molecule has 0 aliphatic carbocycles. The van der Waals surface area contributed by atoms with Crippen LogP contribution in [0.3, 0.4) is 0 Å². The Morgan fingerprint density at radius 1 is 0.697 bits per heavy atom. The van der Waals surface area contributed by atoms with Crippen molar-refractivity contribution in [3.05, 3.63) is 131 Å². The lowest BCUT2D eigenvalue weighted by atomic mass is 9.95. The molecule has 0 aliphatic rings. The van der Waals surface area contributed by atoms with E-state index >= 15 is 0 Å². The summed E-state index contributed by atoms with van der Waals surface area (Å²) in [6.07, 6.45) is 0. The van der Waals surface area contributed by atoms with E-state index in [9.17, 15) is 0 Å². The Balaban J connectivity index is 1.55. The molecule has 0 saturated heterocycles. The SMILES string of the molecule is Cc1cc(C)[n+](CCOc2ccc(/C(=C(/Cl)c3ccccc3)c3ccccc3)cc2)c(C)c1. The minimum Gasteiger partial charge on any atom is -0.487 e. The van der Waals surface area contributed by atoms with Crippen molar-refractivity contribution in [1.82, 2.24) is 0 Å². The molecule has 3 aromatic carbocycles. The van der Waals surface area contributed by atoms with Crippen molar-refractivity contribution in [1.29, 1.82) is 0 Å². The number of nitrogens with zero attached hydrogens (tertiary/aromatic N) is 1. The van der Waals surface area contributed by atoms with Crippen molar-refractivity contribution in [2.45, 2.75) is 27.3 Å².